The van der Waals surface area contributed by atoms with E-state index in [1.54, 1.807) is 17.7 Å². The van der Waals surface area contributed by atoms with Crippen LogP contribution >= 0.6 is 0 Å². The van der Waals surface area contributed by atoms with E-state index >= 15 is 0 Å². The lowest BCUT2D eigenvalue weighted by atomic mass is 9.81. The molecule has 0 bridgehead atoms. The number of fused-ring (bicyclic) bond motifs is 1. The third-order valence-electron chi connectivity index (χ3n) is 5.02. The van der Waals surface area contributed by atoms with Gasteiger partial charge >= 0.3 is 0 Å². The zero-order chi connectivity index (χ0) is 18.7. The third kappa shape index (κ3) is 3.34. The van der Waals surface area contributed by atoms with Gasteiger partial charge in [-0.2, -0.15) is 5.26 Å². The molecule has 0 saturated heterocycles. The van der Waals surface area contributed by atoms with Gasteiger partial charge in [0.05, 0.1) is 17.0 Å². The van der Waals surface area contributed by atoms with Gasteiger partial charge in [0.2, 0.25) is 0 Å². The van der Waals surface area contributed by atoms with Gasteiger partial charge in [0.1, 0.15) is 12.4 Å². The molecule has 0 aliphatic carbocycles. The molecule has 1 atom stereocenters. The van der Waals surface area contributed by atoms with E-state index < -0.39 is 5.41 Å². The zero-order valence-corrected chi connectivity index (χ0v) is 15.3. The summed E-state index contributed by atoms with van der Waals surface area (Å²) >= 11 is 0. The van der Waals surface area contributed by atoms with E-state index in [-0.39, 0.29) is 5.56 Å². The number of hydrogen-bond donors (Lipinski definition) is 0. The fraction of sp³-hybridized carbons (Fsp3) is 0.273. The molecule has 4 nitrogen and oxygen atoms in total. The molecule has 0 spiro atoms. The lowest BCUT2D eigenvalue weighted by Gasteiger charge is -2.20. The van der Waals surface area contributed by atoms with Crippen LogP contribution in [0.3, 0.4) is 0 Å². The Morgan fingerprint density at radius 1 is 1.15 bits per heavy atom. The fourth-order valence-electron chi connectivity index (χ4n) is 2.97. The Morgan fingerprint density at radius 2 is 1.96 bits per heavy atom. The minimum atomic E-state index is -0.507. The van der Waals surface area contributed by atoms with Crippen LogP contribution in [-0.4, -0.2) is 4.57 Å². The molecular weight excluding hydrogens is 324 g/mol. The van der Waals surface area contributed by atoms with Gasteiger partial charge in [0.15, 0.2) is 0 Å². The van der Waals surface area contributed by atoms with E-state index in [0.717, 1.165) is 34.2 Å². The standard InChI is InChI=1S/C22H22N2O2/c1-4-22(2,15-23)18-6-5-7-19(13-18)26-14-16-8-10-20-17(12-16)9-11-21(25)24(20)3/h5-13H,4,14H2,1-3H3. The first-order valence-corrected chi connectivity index (χ1v) is 8.70. The number of rotatable bonds is 5. The van der Waals surface area contributed by atoms with Gasteiger partial charge in [-0.15, -0.1) is 0 Å². The number of nitrogens with zero attached hydrogens (tertiary/aromatic N) is 2. The van der Waals surface area contributed by atoms with Gasteiger partial charge in [0, 0.05) is 13.1 Å². The Labute approximate surface area is 153 Å². The van der Waals surface area contributed by atoms with Gasteiger partial charge in [-0.05, 0) is 60.2 Å². The SMILES string of the molecule is CCC(C)(C#N)c1cccc(OCc2ccc3c(ccc(=O)n3C)c2)c1. The lowest BCUT2D eigenvalue weighted by molar-refractivity contribution is 0.305. The normalized spacial score (nSPS) is 13.2. The maximum absolute atomic E-state index is 11.7. The number of ether oxygens (including phenoxy) is 1. The highest BCUT2D eigenvalue weighted by Crippen LogP contribution is 2.29. The summed E-state index contributed by atoms with van der Waals surface area (Å²) in [4.78, 5) is 11.7. The summed E-state index contributed by atoms with van der Waals surface area (Å²) in [6.45, 7) is 4.39. The zero-order valence-electron chi connectivity index (χ0n) is 15.3. The topological polar surface area (TPSA) is 55.0 Å². The van der Waals surface area contributed by atoms with Gasteiger partial charge in [0.25, 0.3) is 5.56 Å². The Bertz CT molecular complexity index is 1050. The molecule has 2 aromatic carbocycles. The molecule has 26 heavy (non-hydrogen) atoms. The van der Waals surface area contributed by atoms with Crippen LogP contribution in [0.5, 0.6) is 5.75 Å². The minimum absolute atomic E-state index is 0.0187. The fourth-order valence-corrected chi connectivity index (χ4v) is 2.97. The van der Waals surface area contributed by atoms with Crippen molar-refractivity contribution in [3.8, 4) is 11.8 Å². The predicted octanol–water partition coefficient (Wildman–Crippen LogP) is 4.31. The third-order valence-corrected chi connectivity index (χ3v) is 5.02. The molecule has 0 radical (unpaired) electrons. The molecule has 0 aliphatic rings. The Hall–Kier alpha value is -3.06. The van der Waals surface area contributed by atoms with Crippen LogP contribution in [0.2, 0.25) is 0 Å². The highest BCUT2D eigenvalue weighted by Gasteiger charge is 2.24. The summed E-state index contributed by atoms with van der Waals surface area (Å²) < 4.78 is 7.58. The van der Waals surface area contributed by atoms with Gasteiger partial charge in [-0.25, -0.2) is 0 Å². The van der Waals surface area contributed by atoms with Gasteiger partial charge < -0.3 is 9.30 Å². The second-order valence-electron chi connectivity index (χ2n) is 6.74. The van der Waals surface area contributed by atoms with E-state index in [9.17, 15) is 10.1 Å². The van der Waals surface area contributed by atoms with Crippen LogP contribution in [0.15, 0.2) is 59.4 Å². The Morgan fingerprint density at radius 3 is 2.69 bits per heavy atom. The molecule has 0 N–H and O–H groups in total. The van der Waals surface area contributed by atoms with Crippen LogP contribution in [0.1, 0.15) is 31.4 Å². The average molecular weight is 346 g/mol. The second-order valence-corrected chi connectivity index (χ2v) is 6.74. The van der Waals surface area contributed by atoms with Crippen molar-refractivity contribution >= 4 is 10.9 Å². The minimum Gasteiger partial charge on any atom is -0.489 e. The first kappa shape index (κ1) is 17.8. The van der Waals surface area contributed by atoms with E-state index in [4.69, 9.17) is 4.74 Å². The summed E-state index contributed by atoms with van der Waals surface area (Å²) in [5.74, 6) is 0.748. The molecule has 4 heteroatoms. The maximum atomic E-state index is 11.7. The number of hydrogen-bond acceptors (Lipinski definition) is 3. The summed E-state index contributed by atoms with van der Waals surface area (Å²) in [5.41, 5.74) is 2.37. The van der Waals surface area contributed by atoms with Crippen molar-refractivity contribution in [3.05, 3.63) is 76.1 Å². The summed E-state index contributed by atoms with van der Waals surface area (Å²) in [5, 5.41) is 10.5. The highest BCUT2D eigenvalue weighted by atomic mass is 16.5. The highest BCUT2D eigenvalue weighted by molar-refractivity contribution is 5.79. The number of benzene rings is 2. The van der Waals surface area contributed by atoms with Crippen molar-refractivity contribution < 1.29 is 4.74 Å². The van der Waals surface area contributed by atoms with Crippen molar-refractivity contribution in [2.24, 2.45) is 7.05 Å². The van der Waals surface area contributed by atoms with Crippen LogP contribution in [-0.2, 0) is 19.1 Å². The first-order chi connectivity index (χ1) is 12.5. The van der Waals surface area contributed by atoms with Crippen molar-refractivity contribution in [1.82, 2.24) is 4.57 Å². The van der Waals surface area contributed by atoms with Crippen LogP contribution in [0, 0.1) is 11.3 Å². The van der Waals surface area contributed by atoms with Crippen LogP contribution in [0.4, 0.5) is 0 Å². The summed E-state index contributed by atoms with van der Waals surface area (Å²) in [6.07, 6.45) is 0.746. The van der Waals surface area contributed by atoms with E-state index in [0.29, 0.717) is 6.61 Å². The number of nitriles is 1. The molecular formula is C22H22N2O2. The number of pyridine rings is 1. The van der Waals surface area contributed by atoms with Crippen LogP contribution in [0.25, 0.3) is 10.9 Å². The quantitative estimate of drug-likeness (QED) is 0.692. The van der Waals surface area contributed by atoms with E-state index in [2.05, 4.69) is 6.07 Å². The molecule has 3 aromatic rings. The molecule has 0 amide bonds. The van der Waals surface area contributed by atoms with Crippen LogP contribution < -0.4 is 10.3 Å². The van der Waals surface area contributed by atoms with Crippen molar-refractivity contribution in [2.45, 2.75) is 32.3 Å². The Balaban J connectivity index is 1.81. The largest absolute Gasteiger partial charge is 0.489 e. The van der Waals surface area contributed by atoms with E-state index in [1.165, 1.54) is 0 Å². The molecule has 0 aliphatic heterocycles. The average Bonchev–Trinajstić information content (AvgIpc) is 2.69. The van der Waals surface area contributed by atoms with E-state index in [1.807, 2.05) is 62.4 Å². The number of aromatic nitrogens is 1. The summed E-state index contributed by atoms with van der Waals surface area (Å²) in [7, 11) is 1.77. The Kier molecular flexibility index (Phi) is 4.81. The summed E-state index contributed by atoms with van der Waals surface area (Å²) in [6, 6.07) is 19.5. The molecule has 1 aromatic heterocycles. The second kappa shape index (κ2) is 7.05. The molecule has 1 heterocycles. The van der Waals surface area contributed by atoms with Gasteiger partial charge in [-0.3, -0.25) is 4.79 Å². The van der Waals surface area contributed by atoms with Crippen molar-refractivity contribution in [2.75, 3.05) is 0 Å². The molecule has 0 fully saturated rings. The van der Waals surface area contributed by atoms with Crippen molar-refractivity contribution in [3.63, 3.8) is 0 Å². The lowest BCUT2D eigenvalue weighted by Crippen LogP contribution is -2.17. The molecule has 132 valence electrons. The molecule has 1 unspecified atom stereocenters. The maximum Gasteiger partial charge on any atom is 0.250 e. The predicted molar refractivity (Wildman–Crippen MR) is 103 cm³/mol. The smallest absolute Gasteiger partial charge is 0.250 e. The van der Waals surface area contributed by atoms with Gasteiger partial charge in [-0.1, -0.05) is 25.1 Å². The van der Waals surface area contributed by atoms with Crippen molar-refractivity contribution in [1.29, 1.82) is 5.26 Å². The molecule has 0 saturated carbocycles. The number of aryl methyl sites for hydroxylation is 1. The first-order valence-electron chi connectivity index (χ1n) is 8.70. The monoisotopic (exact) mass is 346 g/mol. The molecule has 3 rings (SSSR count).